The van der Waals surface area contributed by atoms with Gasteiger partial charge in [0.2, 0.25) is 5.91 Å². The maximum atomic E-state index is 12.3. The number of pyridine rings is 1. The predicted molar refractivity (Wildman–Crippen MR) is 130 cm³/mol. The van der Waals surface area contributed by atoms with Crippen molar-refractivity contribution in [1.82, 2.24) is 25.1 Å². The minimum absolute atomic E-state index is 0.153. The number of benzene rings is 1. The van der Waals surface area contributed by atoms with Gasteiger partial charge in [0.1, 0.15) is 17.3 Å². The Bertz CT molecular complexity index is 1240. The van der Waals surface area contributed by atoms with E-state index in [-0.39, 0.29) is 24.3 Å². The molecule has 2 aromatic heterocycles. The maximum Gasteiger partial charge on any atom is 0.325 e. The molecule has 0 radical (unpaired) electrons. The number of carbonyl (C=O) groups is 3. The van der Waals surface area contributed by atoms with Crippen LogP contribution in [0.3, 0.4) is 0 Å². The van der Waals surface area contributed by atoms with Crippen LogP contribution in [0.15, 0.2) is 48.8 Å². The molecule has 4 N–H and O–H groups in total. The molecule has 1 aliphatic rings. The number of carbonyl (C=O) groups excluding carboxylic acids is 3. The van der Waals surface area contributed by atoms with Gasteiger partial charge < -0.3 is 25.4 Å². The second kappa shape index (κ2) is 10.0. The van der Waals surface area contributed by atoms with E-state index < -0.39 is 11.6 Å². The summed E-state index contributed by atoms with van der Waals surface area (Å²) in [6.07, 6.45) is 4.19. The zero-order valence-corrected chi connectivity index (χ0v) is 19.6. The van der Waals surface area contributed by atoms with Gasteiger partial charge in [-0.15, -0.1) is 0 Å². The second-order valence-electron chi connectivity index (χ2n) is 8.63. The monoisotopic (exact) mass is 480 g/mol. The molecule has 11 heteroatoms. The SMILES string of the molecule is CNC(=O)n1ccc2cc(Oc3ccnc(NC(=O)NCC(=O)N4CCC(C)(O)CC4)c3)ccc21. The lowest BCUT2D eigenvalue weighted by Gasteiger charge is -2.35. The third-order valence-corrected chi connectivity index (χ3v) is 5.90. The summed E-state index contributed by atoms with van der Waals surface area (Å²) in [5.41, 5.74) is -0.00195. The number of nitrogens with one attached hydrogen (secondary N) is 3. The van der Waals surface area contributed by atoms with Gasteiger partial charge >= 0.3 is 12.1 Å². The van der Waals surface area contributed by atoms with Crippen LogP contribution in [0, 0.1) is 0 Å². The lowest BCUT2D eigenvalue weighted by molar-refractivity contribution is -0.133. The Morgan fingerprint density at radius 1 is 1.11 bits per heavy atom. The molecule has 0 spiro atoms. The van der Waals surface area contributed by atoms with Gasteiger partial charge in [0.25, 0.3) is 0 Å². The summed E-state index contributed by atoms with van der Waals surface area (Å²) in [5.74, 6) is 1.06. The average Bonchev–Trinajstić information content (AvgIpc) is 3.25. The molecule has 1 saturated heterocycles. The summed E-state index contributed by atoms with van der Waals surface area (Å²) >= 11 is 0. The Kier molecular flexibility index (Phi) is 6.87. The molecule has 1 fully saturated rings. The number of anilines is 1. The maximum absolute atomic E-state index is 12.3. The first kappa shape index (κ1) is 24.0. The summed E-state index contributed by atoms with van der Waals surface area (Å²) < 4.78 is 7.40. The zero-order valence-electron chi connectivity index (χ0n) is 19.6. The van der Waals surface area contributed by atoms with Crippen LogP contribution in [0.1, 0.15) is 19.8 Å². The van der Waals surface area contributed by atoms with Gasteiger partial charge in [-0.05, 0) is 50.1 Å². The number of piperidine rings is 1. The highest BCUT2D eigenvalue weighted by Crippen LogP contribution is 2.27. The van der Waals surface area contributed by atoms with E-state index in [1.165, 1.54) is 10.8 Å². The van der Waals surface area contributed by atoms with E-state index in [9.17, 15) is 19.5 Å². The molecule has 11 nitrogen and oxygen atoms in total. The number of hydrogen-bond donors (Lipinski definition) is 4. The standard InChI is InChI=1S/C24H28N6O5/c1-24(34)7-11-29(12-8-24)21(31)15-27-22(32)28-20-14-18(5-9-26-20)35-17-3-4-19-16(13-17)6-10-30(19)23(33)25-2/h3-6,9-10,13-14,34H,7-8,11-12,15H2,1-2H3,(H,25,33)(H2,26,27,28,32). The number of amides is 4. The van der Waals surface area contributed by atoms with E-state index >= 15 is 0 Å². The number of nitrogens with zero attached hydrogens (tertiary/aromatic N) is 3. The van der Waals surface area contributed by atoms with Gasteiger partial charge in [0.15, 0.2) is 0 Å². The molecule has 3 heterocycles. The van der Waals surface area contributed by atoms with Crippen molar-refractivity contribution >= 4 is 34.7 Å². The summed E-state index contributed by atoms with van der Waals surface area (Å²) in [6.45, 7) is 2.52. The second-order valence-corrected chi connectivity index (χ2v) is 8.63. The van der Waals surface area contributed by atoms with E-state index in [4.69, 9.17) is 4.74 Å². The summed E-state index contributed by atoms with van der Waals surface area (Å²) in [5, 5.41) is 18.5. The first-order valence-corrected chi connectivity index (χ1v) is 11.3. The minimum Gasteiger partial charge on any atom is -0.457 e. The molecule has 184 valence electrons. The molecular formula is C24H28N6O5. The fraction of sp³-hybridized carbons (Fsp3) is 0.333. The molecule has 35 heavy (non-hydrogen) atoms. The van der Waals surface area contributed by atoms with E-state index in [0.29, 0.717) is 37.4 Å². The number of rotatable bonds is 5. The van der Waals surface area contributed by atoms with Gasteiger partial charge in [-0.2, -0.15) is 0 Å². The van der Waals surface area contributed by atoms with Crippen molar-refractivity contribution < 1.29 is 24.2 Å². The molecule has 4 rings (SSSR count). The number of aliphatic hydroxyl groups is 1. The molecule has 4 amide bonds. The molecule has 0 aliphatic carbocycles. The van der Waals surface area contributed by atoms with Crippen LogP contribution in [0.2, 0.25) is 0 Å². The molecule has 3 aromatic rings. The van der Waals surface area contributed by atoms with Gasteiger partial charge in [0, 0.05) is 44.0 Å². The summed E-state index contributed by atoms with van der Waals surface area (Å²) in [7, 11) is 1.57. The smallest absolute Gasteiger partial charge is 0.325 e. The number of hydrogen-bond acceptors (Lipinski definition) is 6. The highest BCUT2D eigenvalue weighted by Gasteiger charge is 2.29. The molecule has 1 aliphatic heterocycles. The largest absolute Gasteiger partial charge is 0.457 e. The molecule has 0 atom stereocenters. The van der Waals surface area contributed by atoms with Crippen molar-refractivity contribution in [3.63, 3.8) is 0 Å². The van der Waals surface area contributed by atoms with Crippen LogP contribution in [0.25, 0.3) is 10.9 Å². The first-order valence-electron chi connectivity index (χ1n) is 11.3. The lowest BCUT2D eigenvalue weighted by Crippen LogP contribution is -2.48. The van der Waals surface area contributed by atoms with Crippen LogP contribution in [0.5, 0.6) is 11.5 Å². The normalized spacial score (nSPS) is 14.9. The Hall–Kier alpha value is -4.12. The molecular weight excluding hydrogens is 452 g/mol. The summed E-state index contributed by atoms with van der Waals surface area (Å²) in [4.78, 5) is 42.2. The third-order valence-electron chi connectivity index (χ3n) is 5.90. The molecule has 1 aromatic carbocycles. The van der Waals surface area contributed by atoms with Crippen LogP contribution >= 0.6 is 0 Å². The number of fused-ring (bicyclic) bond motifs is 1. The van der Waals surface area contributed by atoms with Gasteiger partial charge in [0.05, 0.1) is 17.7 Å². The van der Waals surface area contributed by atoms with Crippen LogP contribution in [-0.2, 0) is 4.79 Å². The third kappa shape index (κ3) is 5.87. The van der Waals surface area contributed by atoms with Crippen molar-refractivity contribution in [2.24, 2.45) is 0 Å². The van der Waals surface area contributed by atoms with Crippen molar-refractivity contribution in [3.05, 3.63) is 48.8 Å². The van der Waals surface area contributed by atoms with Gasteiger partial charge in [-0.3, -0.25) is 14.7 Å². The fourth-order valence-corrected chi connectivity index (χ4v) is 3.83. The predicted octanol–water partition coefficient (Wildman–Crippen LogP) is 2.51. The van der Waals surface area contributed by atoms with Crippen LogP contribution < -0.4 is 20.7 Å². The minimum atomic E-state index is -0.747. The van der Waals surface area contributed by atoms with Crippen LogP contribution in [-0.4, -0.2) is 69.8 Å². The lowest BCUT2D eigenvalue weighted by atomic mass is 9.94. The number of aromatic nitrogens is 2. The Morgan fingerprint density at radius 3 is 2.60 bits per heavy atom. The van der Waals surface area contributed by atoms with Crippen molar-refractivity contribution in [3.8, 4) is 11.5 Å². The van der Waals surface area contributed by atoms with E-state index in [1.807, 2.05) is 6.07 Å². The Balaban J connectivity index is 1.32. The van der Waals surface area contributed by atoms with E-state index in [1.54, 1.807) is 55.4 Å². The molecule has 0 bridgehead atoms. The first-order chi connectivity index (χ1) is 16.7. The van der Waals surface area contributed by atoms with Crippen molar-refractivity contribution in [2.75, 3.05) is 32.0 Å². The number of ether oxygens (including phenoxy) is 1. The van der Waals surface area contributed by atoms with Gasteiger partial charge in [-0.1, -0.05) is 0 Å². The summed E-state index contributed by atoms with van der Waals surface area (Å²) in [6, 6.07) is 9.56. The fourth-order valence-electron chi connectivity index (χ4n) is 3.83. The Labute approximate surface area is 202 Å². The topological polar surface area (TPSA) is 138 Å². The highest BCUT2D eigenvalue weighted by molar-refractivity contribution is 5.92. The van der Waals surface area contributed by atoms with Gasteiger partial charge in [-0.25, -0.2) is 14.6 Å². The zero-order chi connectivity index (χ0) is 25.0. The van der Waals surface area contributed by atoms with Crippen molar-refractivity contribution in [1.29, 1.82) is 0 Å². The van der Waals surface area contributed by atoms with E-state index in [2.05, 4.69) is 20.9 Å². The quantitative estimate of drug-likeness (QED) is 0.443. The van der Waals surface area contributed by atoms with Crippen LogP contribution in [0.4, 0.5) is 15.4 Å². The average molecular weight is 481 g/mol. The van der Waals surface area contributed by atoms with E-state index in [0.717, 1.165) is 10.9 Å². The molecule has 0 saturated carbocycles. The molecule has 0 unspecified atom stereocenters. The number of urea groups is 1. The van der Waals surface area contributed by atoms with Crippen molar-refractivity contribution in [2.45, 2.75) is 25.4 Å². The number of likely N-dealkylation sites (tertiary alicyclic amines) is 1. The highest BCUT2D eigenvalue weighted by atomic mass is 16.5. The Morgan fingerprint density at radius 2 is 1.86 bits per heavy atom.